The molecule has 154 valence electrons. The molecule has 0 aliphatic carbocycles. The molecule has 1 aromatic carbocycles. The van der Waals surface area contributed by atoms with E-state index in [0.717, 1.165) is 30.5 Å². The lowest BCUT2D eigenvalue weighted by Crippen LogP contribution is -2.45. The van der Waals surface area contributed by atoms with Crippen molar-refractivity contribution >= 4 is 11.7 Å². The van der Waals surface area contributed by atoms with Gasteiger partial charge in [-0.1, -0.05) is 30.3 Å². The number of pyridine rings is 1. The van der Waals surface area contributed by atoms with Gasteiger partial charge < -0.3 is 15.4 Å². The van der Waals surface area contributed by atoms with Crippen LogP contribution in [0.25, 0.3) is 0 Å². The van der Waals surface area contributed by atoms with Gasteiger partial charge in [0.05, 0.1) is 12.5 Å². The monoisotopic (exact) mass is 394 g/mol. The number of amides is 1. The van der Waals surface area contributed by atoms with Gasteiger partial charge >= 0.3 is 0 Å². The molecule has 4 rings (SSSR count). The van der Waals surface area contributed by atoms with Crippen LogP contribution in [-0.4, -0.2) is 37.6 Å². The van der Waals surface area contributed by atoms with Gasteiger partial charge in [0, 0.05) is 36.8 Å². The van der Waals surface area contributed by atoms with Crippen LogP contribution in [0.5, 0.6) is 5.88 Å². The minimum absolute atomic E-state index is 0.0628. The summed E-state index contributed by atoms with van der Waals surface area (Å²) < 4.78 is 5.57. The van der Waals surface area contributed by atoms with E-state index in [1.807, 2.05) is 13.8 Å². The SMILES string of the molecule is COc1nc2c(cc1CNC1CCCNC1c1ccccc1)C(C)(C)C(=O)N2C. The van der Waals surface area contributed by atoms with Crippen LogP contribution in [0.4, 0.5) is 5.82 Å². The molecule has 1 saturated heterocycles. The lowest BCUT2D eigenvalue weighted by Gasteiger charge is -2.34. The second kappa shape index (κ2) is 7.76. The summed E-state index contributed by atoms with van der Waals surface area (Å²) in [7, 11) is 3.41. The molecular weight excluding hydrogens is 364 g/mol. The van der Waals surface area contributed by atoms with Gasteiger partial charge in [0.25, 0.3) is 0 Å². The lowest BCUT2D eigenvalue weighted by atomic mass is 9.86. The molecule has 0 bridgehead atoms. The Labute approximate surface area is 172 Å². The first-order chi connectivity index (χ1) is 13.9. The fourth-order valence-electron chi connectivity index (χ4n) is 4.54. The van der Waals surface area contributed by atoms with Crippen LogP contribution in [0.15, 0.2) is 36.4 Å². The highest BCUT2D eigenvalue weighted by Gasteiger charge is 2.44. The first kappa shape index (κ1) is 19.9. The van der Waals surface area contributed by atoms with E-state index in [4.69, 9.17) is 4.74 Å². The number of nitrogens with one attached hydrogen (secondary N) is 2. The summed E-state index contributed by atoms with van der Waals surface area (Å²) in [6.45, 7) is 5.59. The zero-order valence-electron chi connectivity index (χ0n) is 17.7. The van der Waals surface area contributed by atoms with Crippen LogP contribution in [0.3, 0.4) is 0 Å². The Kier molecular flexibility index (Phi) is 5.32. The molecule has 2 N–H and O–H groups in total. The van der Waals surface area contributed by atoms with Crippen molar-refractivity contribution in [1.82, 2.24) is 15.6 Å². The molecule has 0 saturated carbocycles. The molecule has 2 aromatic rings. The Morgan fingerprint density at radius 1 is 1.31 bits per heavy atom. The molecule has 3 heterocycles. The molecule has 2 aliphatic rings. The standard InChI is InChI=1S/C23H30N4O2/c1-23(2)17-13-16(21(29-4)26-20(17)27(3)22(23)28)14-25-18-11-8-12-24-19(18)15-9-6-5-7-10-15/h5-7,9-10,13,18-19,24-25H,8,11-12,14H2,1-4H3. The van der Waals surface area contributed by atoms with Gasteiger partial charge in [0.2, 0.25) is 11.8 Å². The summed E-state index contributed by atoms with van der Waals surface area (Å²) in [5, 5.41) is 7.38. The van der Waals surface area contributed by atoms with Crippen molar-refractivity contribution in [3.05, 3.63) is 53.1 Å². The van der Waals surface area contributed by atoms with Crippen LogP contribution in [0.1, 0.15) is 49.4 Å². The number of carbonyl (C=O) groups is 1. The smallest absolute Gasteiger partial charge is 0.238 e. The van der Waals surface area contributed by atoms with Crippen molar-refractivity contribution in [3.63, 3.8) is 0 Å². The maximum atomic E-state index is 12.6. The topological polar surface area (TPSA) is 66.5 Å². The first-order valence-electron chi connectivity index (χ1n) is 10.3. The summed E-state index contributed by atoms with van der Waals surface area (Å²) in [5.74, 6) is 1.34. The molecule has 1 aromatic heterocycles. The van der Waals surface area contributed by atoms with E-state index in [1.165, 1.54) is 5.56 Å². The Hall–Kier alpha value is -2.44. The number of ether oxygens (including phenoxy) is 1. The lowest BCUT2D eigenvalue weighted by molar-refractivity contribution is -0.121. The highest BCUT2D eigenvalue weighted by atomic mass is 16.5. The molecule has 6 heteroatoms. The maximum Gasteiger partial charge on any atom is 0.238 e. The van der Waals surface area contributed by atoms with Crippen molar-refractivity contribution < 1.29 is 9.53 Å². The van der Waals surface area contributed by atoms with E-state index >= 15 is 0 Å². The van der Waals surface area contributed by atoms with Gasteiger partial charge in [-0.25, -0.2) is 0 Å². The predicted octanol–water partition coefficient (Wildman–Crippen LogP) is 2.93. The van der Waals surface area contributed by atoms with Gasteiger partial charge in [0.15, 0.2) is 0 Å². The minimum atomic E-state index is -0.572. The predicted molar refractivity (Wildman–Crippen MR) is 114 cm³/mol. The van der Waals surface area contributed by atoms with E-state index in [-0.39, 0.29) is 11.9 Å². The number of carbonyl (C=O) groups excluding carboxylic acids is 1. The molecule has 2 atom stereocenters. The number of benzene rings is 1. The Bertz CT molecular complexity index is 897. The number of hydrogen-bond donors (Lipinski definition) is 2. The third kappa shape index (κ3) is 3.51. The fraction of sp³-hybridized carbons (Fsp3) is 0.478. The molecule has 6 nitrogen and oxygen atoms in total. The highest BCUT2D eigenvalue weighted by Crippen LogP contribution is 2.41. The minimum Gasteiger partial charge on any atom is -0.481 e. The first-order valence-corrected chi connectivity index (χ1v) is 10.3. The van der Waals surface area contributed by atoms with Gasteiger partial charge in [-0.15, -0.1) is 0 Å². The molecule has 2 unspecified atom stereocenters. The van der Waals surface area contributed by atoms with Gasteiger partial charge in [-0.05, 0) is 44.9 Å². The Balaban J connectivity index is 1.58. The van der Waals surface area contributed by atoms with Crippen LogP contribution < -0.4 is 20.3 Å². The summed E-state index contributed by atoms with van der Waals surface area (Å²) in [4.78, 5) is 18.9. The summed E-state index contributed by atoms with van der Waals surface area (Å²) >= 11 is 0. The number of likely N-dealkylation sites (N-methyl/N-ethyl adjacent to an activating group) is 1. The Morgan fingerprint density at radius 2 is 2.07 bits per heavy atom. The normalized spacial score (nSPS) is 23.2. The second-order valence-electron chi connectivity index (χ2n) is 8.49. The highest BCUT2D eigenvalue weighted by molar-refractivity contribution is 6.06. The molecule has 0 radical (unpaired) electrons. The number of aromatic nitrogens is 1. The van der Waals surface area contributed by atoms with Gasteiger partial charge in [-0.3, -0.25) is 9.69 Å². The van der Waals surface area contributed by atoms with E-state index < -0.39 is 5.41 Å². The van der Waals surface area contributed by atoms with Crippen molar-refractivity contribution in [2.75, 3.05) is 25.6 Å². The zero-order valence-corrected chi connectivity index (χ0v) is 17.7. The average molecular weight is 395 g/mol. The summed E-state index contributed by atoms with van der Waals surface area (Å²) in [6, 6.07) is 13.3. The third-order valence-electron chi connectivity index (χ3n) is 6.24. The number of anilines is 1. The molecule has 29 heavy (non-hydrogen) atoms. The number of nitrogens with zero attached hydrogens (tertiary/aromatic N) is 2. The van der Waals surface area contributed by atoms with Crippen LogP contribution >= 0.6 is 0 Å². The second-order valence-corrected chi connectivity index (χ2v) is 8.49. The number of methoxy groups -OCH3 is 1. The largest absolute Gasteiger partial charge is 0.481 e. The number of piperidine rings is 1. The molecule has 1 fully saturated rings. The third-order valence-corrected chi connectivity index (χ3v) is 6.24. The van der Waals surface area contributed by atoms with E-state index in [0.29, 0.717) is 24.3 Å². The van der Waals surface area contributed by atoms with E-state index in [9.17, 15) is 4.79 Å². The van der Waals surface area contributed by atoms with E-state index in [1.54, 1.807) is 19.1 Å². The quantitative estimate of drug-likeness (QED) is 0.816. The Morgan fingerprint density at radius 3 is 2.79 bits per heavy atom. The van der Waals surface area contributed by atoms with Crippen LogP contribution in [0, 0.1) is 0 Å². The average Bonchev–Trinajstić information content (AvgIpc) is 2.92. The number of fused-ring (bicyclic) bond motifs is 1. The molecular formula is C23H30N4O2. The van der Waals surface area contributed by atoms with Crippen molar-refractivity contribution in [2.24, 2.45) is 0 Å². The van der Waals surface area contributed by atoms with Crippen molar-refractivity contribution in [3.8, 4) is 5.88 Å². The van der Waals surface area contributed by atoms with Crippen molar-refractivity contribution in [2.45, 2.75) is 50.7 Å². The summed E-state index contributed by atoms with van der Waals surface area (Å²) in [6.07, 6.45) is 2.26. The van der Waals surface area contributed by atoms with Gasteiger partial charge in [-0.2, -0.15) is 4.98 Å². The van der Waals surface area contributed by atoms with E-state index in [2.05, 4.69) is 52.0 Å². The van der Waals surface area contributed by atoms with Crippen molar-refractivity contribution in [1.29, 1.82) is 0 Å². The number of rotatable bonds is 5. The molecule has 0 spiro atoms. The maximum absolute atomic E-state index is 12.6. The van der Waals surface area contributed by atoms with Gasteiger partial charge in [0.1, 0.15) is 5.82 Å². The van der Waals surface area contributed by atoms with Crippen LogP contribution in [0.2, 0.25) is 0 Å². The van der Waals surface area contributed by atoms with Crippen LogP contribution in [-0.2, 0) is 16.8 Å². The molecule has 2 aliphatic heterocycles. The zero-order chi connectivity index (χ0) is 20.6. The summed E-state index contributed by atoms with van der Waals surface area (Å²) in [5.41, 5.74) is 2.68. The number of hydrogen-bond acceptors (Lipinski definition) is 5. The fourth-order valence-corrected chi connectivity index (χ4v) is 4.54. The molecule has 1 amide bonds.